The summed E-state index contributed by atoms with van der Waals surface area (Å²) in [5.74, 6) is 0. The molecule has 0 amide bonds. The van der Waals surface area contributed by atoms with Gasteiger partial charge >= 0.3 is 0 Å². The molecular weight excluding hydrogens is 148 g/mol. The van der Waals surface area contributed by atoms with E-state index >= 15 is 0 Å². The van der Waals surface area contributed by atoms with E-state index in [1.54, 1.807) is 0 Å². The van der Waals surface area contributed by atoms with E-state index in [1.165, 1.54) is 51.7 Å². The van der Waals surface area contributed by atoms with Crippen LogP contribution in [0, 0.1) is 0 Å². The number of hydrogen-bond acceptors (Lipinski definition) is 0. The van der Waals surface area contributed by atoms with Gasteiger partial charge in [0.2, 0.25) is 0 Å². The standard InChI is InChI=1S/C10H22N2/c1-10(11)6-9-12-7-4-2-3-5-8-12/h10H,2-9,11H2,1H3/p+2/t10-/m1/s1. The average Bonchev–Trinajstić information content (AvgIpc) is 2.28. The molecule has 0 aromatic carbocycles. The zero-order valence-electron chi connectivity index (χ0n) is 8.44. The summed E-state index contributed by atoms with van der Waals surface area (Å²) in [6, 6.07) is 0.640. The summed E-state index contributed by atoms with van der Waals surface area (Å²) in [4.78, 5) is 1.82. The Kier molecular flexibility index (Phi) is 4.62. The first-order valence-corrected chi connectivity index (χ1v) is 5.45. The van der Waals surface area contributed by atoms with Gasteiger partial charge in [-0.3, -0.25) is 0 Å². The highest BCUT2D eigenvalue weighted by Gasteiger charge is 2.12. The van der Waals surface area contributed by atoms with E-state index in [-0.39, 0.29) is 0 Å². The van der Waals surface area contributed by atoms with Crippen LogP contribution < -0.4 is 10.6 Å². The zero-order valence-corrected chi connectivity index (χ0v) is 8.44. The second-order valence-electron chi connectivity index (χ2n) is 4.31. The Balaban J connectivity index is 2.12. The molecule has 1 rings (SSSR count). The van der Waals surface area contributed by atoms with Gasteiger partial charge in [0.1, 0.15) is 0 Å². The molecule has 1 fully saturated rings. The molecule has 0 bridgehead atoms. The van der Waals surface area contributed by atoms with E-state index in [0.29, 0.717) is 6.04 Å². The molecule has 1 aliphatic rings. The summed E-state index contributed by atoms with van der Waals surface area (Å²) in [6.07, 6.45) is 7.11. The van der Waals surface area contributed by atoms with Crippen LogP contribution in [-0.4, -0.2) is 25.7 Å². The topological polar surface area (TPSA) is 32.1 Å². The summed E-state index contributed by atoms with van der Waals surface area (Å²) in [6.45, 7) is 6.39. The first-order chi connectivity index (χ1) is 5.79. The molecule has 0 saturated carbocycles. The molecule has 1 atom stereocenters. The Morgan fingerprint density at radius 2 is 1.75 bits per heavy atom. The molecule has 1 saturated heterocycles. The van der Waals surface area contributed by atoms with Crippen LogP contribution >= 0.6 is 0 Å². The fourth-order valence-electron chi connectivity index (χ4n) is 1.93. The van der Waals surface area contributed by atoms with Crippen LogP contribution in [0.4, 0.5) is 0 Å². The van der Waals surface area contributed by atoms with Gasteiger partial charge in [-0.15, -0.1) is 0 Å². The second kappa shape index (κ2) is 5.55. The highest BCUT2D eigenvalue weighted by atomic mass is 15.1. The van der Waals surface area contributed by atoms with Crippen molar-refractivity contribution in [2.24, 2.45) is 0 Å². The van der Waals surface area contributed by atoms with E-state index in [9.17, 15) is 0 Å². The van der Waals surface area contributed by atoms with Crippen LogP contribution in [0.2, 0.25) is 0 Å². The molecule has 1 heterocycles. The highest BCUT2D eigenvalue weighted by Crippen LogP contribution is 1.99. The van der Waals surface area contributed by atoms with Gasteiger partial charge in [-0.05, 0) is 32.6 Å². The van der Waals surface area contributed by atoms with Crippen molar-refractivity contribution in [1.29, 1.82) is 0 Å². The van der Waals surface area contributed by atoms with Crippen molar-refractivity contribution in [2.45, 2.75) is 45.1 Å². The quantitative estimate of drug-likeness (QED) is 0.573. The predicted octanol–water partition coefficient (Wildman–Crippen LogP) is -0.534. The van der Waals surface area contributed by atoms with E-state index in [0.717, 1.165) is 0 Å². The van der Waals surface area contributed by atoms with Gasteiger partial charge in [-0.25, -0.2) is 0 Å². The van der Waals surface area contributed by atoms with E-state index in [1.807, 2.05) is 4.90 Å². The second-order valence-corrected chi connectivity index (χ2v) is 4.31. The van der Waals surface area contributed by atoms with Crippen molar-refractivity contribution >= 4 is 0 Å². The summed E-state index contributed by atoms with van der Waals surface area (Å²) >= 11 is 0. The molecule has 0 radical (unpaired) electrons. The number of rotatable bonds is 3. The third-order valence-corrected chi connectivity index (χ3v) is 2.80. The maximum Gasteiger partial charge on any atom is 0.0869 e. The van der Waals surface area contributed by atoms with Crippen LogP contribution in [-0.2, 0) is 0 Å². The molecule has 0 spiro atoms. The SMILES string of the molecule is C[C@@H]([NH3+])CC[NH+]1CCCCCC1. The van der Waals surface area contributed by atoms with E-state index < -0.39 is 0 Å². The minimum absolute atomic E-state index is 0.640. The lowest BCUT2D eigenvalue weighted by Gasteiger charge is -2.16. The van der Waals surface area contributed by atoms with Gasteiger partial charge in [0.05, 0.1) is 25.7 Å². The van der Waals surface area contributed by atoms with Crippen LogP contribution in [0.5, 0.6) is 0 Å². The highest BCUT2D eigenvalue weighted by molar-refractivity contribution is 4.48. The van der Waals surface area contributed by atoms with Crippen molar-refractivity contribution in [1.82, 2.24) is 0 Å². The third kappa shape index (κ3) is 4.07. The molecule has 4 N–H and O–H groups in total. The van der Waals surface area contributed by atoms with Gasteiger partial charge in [-0.2, -0.15) is 0 Å². The van der Waals surface area contributed by atoms with Crippen molar-refractivity contribution in [2.75, 3.05) is 19.6 Å². The number of nitrogens with one attached hydrogen (secondary N) is 1. The van der Waals surface area contributed by atoms with Crippen LogP contribution in [0.3, 0.4) is 0 Å². The van der Waals surface area contributed by atoms with Crippen LogP contribution in [0.25, 0.3) is 0 Å². The molecule has 72 valence electrons. The van der Waals surface area contributed by atoms with Gasteiger partial charge in [0, 0.05) is 6.42 Å². The van der Waals surface area contributed by atoms with Gasteiger partial charge < -0.3 is 10.6 Å². The smallest absolute Gasteiger partial charge is 0.0869 e. The van der Waals surface area contributed by atoms with Gasteiger partial charge in [0.15, 0.2) is 0 Å². The van der Waals surface area contributed by atoms with Crippen LogP contribution in [0.1, 0.15) is 39.0 Å². The molecule has 2 nitrogen and oxygen atoms in total. The minimum Gasteiger partial charge on any atom is -0.355 e. The lowest BCUT2D eigenvalue weighted by atomic mass is 10.2. The molecular formula is C10H24N2+2. The summed E-state index contributed by atoms with van der Waals surface area (Å²) in [7, 11) is 0. The Labute approximate surface area is 76.1 Å². The summed E-state index contributed by atoms with van der Waals surface area (Å²) < 4.78 is 0. The average molecular weight is 172 g/mol. The largest absolute Gasteiger partial charge is 0.355 e. The third-order valence-electron chi connectivity index (χ3n) is 2.80. The summed E-state index contributed by atoms with van der Waals surface area (Å²) in [5.41, 5.74) is 4.03. The molecule has 0 aromatic rings. The van der Waals surface area contributed by atoms with Crippen molar-refractivity contribution in [3.05, 3.63) is 0 Å². The first kappa shape index (κ1) is 10.0. The molecule has 0 unspecified atom stereocenters. The Morgan fingerprint density at radius 3 is 2.25 bits per heavy atom. The molecule has 0 aromatic heterocycles. The van der Waals surface area contributed by atoms with Crippen molar-refractivity contribution in [3.8, 4) is 0 Å². The lowest BCUT2D eigenvalue weighted by molar-refractivity contribution is -0.900. The van der Waals surface area contributed by atoms with E-state index in [4.69, 9.17) is 0 Å². The maximum absolute atomic E-state index is 4.03. The molecule has 1 aliphatic heterocycles. The van der Waals surface area contributed by atoms with Gasteiger partial charge in [0.25, 0.3) is 0 Å². The number of hydrogen-bond donors (Lipinski definition) is 2. The summed E-state index contributed by atoms with van der Waals surface area (Å²) in [5, 5.41) is 0. The first-order valence-electron chi connectivity index (χ1n) is 5.45. The maximum atomic E-state index is 4.03. The van der Waals surface area contributed by atoms with Gasteiger partial charge in [-0.1, -0.05) is 0 Å². The van der Waals surface area contributed by atoms with Crippen molar-refractivity contribution in [3.63, 3.8) is 0 Å². The van der Waals surface area contributed by atoms with Crippen molar-refractivity contribution < 1.29 is 10.6 Å². The Bertz CT molecular complexity index is 104. The number of likely N-dealkylation sites (tertiary alicyclic amines) is 1. The lowest BCUT2D eigenvalue weighted by Crippen LogP contribution is -3.12. The van der Waals surface area contributed by atoms with E-state index in [2.05, 4.69) is 12.7 Å². The Hall–Kier alpha value is -0.0800. The predicted molar refractivity (Wildman–Crippen MR) is 51.0 cm³/mol. The van der Waals surface area contributed by atoms with Crippen LogP contribution in [0.15, 0.2) is 0 Å². The Morgan fingerprint density at radius 1 is 1.17 bits per heavy atom. The normalized spacial score (nSPS) is 23.5. The minimum atomic E-state index is 0.640. The fourth-order valence-corrected chi connectivity index (χ4v) is 1.93. The monoisotopic (exact) mass is 172 g/mol. The molecule has 0 aliphatic carbocycles. The zero-order chi connectivity index (χ0) is 8.81. The molecule has 12 heavy (non-hydrogen) atoms. The number of quaternary nitrogens is 2. The molecule has 2 heteroatoms. The fraction of sp³-hybridized carbons (Fsp3) is 1.00.